The molecule has 4 heteroatoms. The molecule has 3 rings (SSSR count). The molecule has 2 fully saturated rings. The summed E-state index contributed by atoms with van der Waals surface area (Å²) in [6, 6.07) is 6.96. The van der Waals surface area contributed by atoms with E-state index in [1.807, 2.05) is 6.07 Å². The summed E-state index contributed by atoms with van der Waals surface area (Å²) in [7, 11) is 0. The molecule has 104 valence electrons. The Hall–Kier alpha value is -0.580. The number of hydrogen-bond acceptors (Lipinski definition) is 3. The molecular weight excluding hydrogens is 306 g/mol. The zero-order valence-electron chi connectivity index (χ0n) is 11.0. The molecular formula is C15H20BrNO2. The Kier molecular flexibility index (Phi) is 4.41. The first-order valence-electron chi connectivity index (χ1n) is 7.08. The predicted molar refractivity (Wildman–Crippen MR) is 78.5 cm³/mol. The summed E-state index contributed by atoms with van der Waals surface area (Å²) in [5.74, 6) is 0.978. The van der Waals surface area contributed by atoms with E-state index in [0.29, 0.717) is 12.6 Å². The van der Waals surface area contributed by atoms with Crippen LogP contribution in [0, 0.1) is 0 Å². The van der Waals surface area contributed by atoms with Gasteiger partial charge >= 0.3 is 0 Å². The molecule has 1 aliphatic carbocycles. The first-order valence-corrected chi connectivity index (χ1v) is 7.87. The van der Waals surface area contributed by atoms with E-state index in [1.165, 1.54) is 18.4 Å². The molecule has 3 nitrogen and oxygen atoms in total. The molecule has 2 aliphatic rings. The van der Waals surface area contributed by atoms with Crippen LogP contribution in [0.15, 0.2) is 22.7 Å². The van der Waals surface area contributed by atoms with Crippen LogP contribution in [-0.4, -0.2) is 25.4 Å². The van der Waals surface area contributed by atoms with Gasteiger partial charge in [-0.3, -0.25) is 0 Å². The lowest BCUT2D eigenvalue weighted by Crippen LogP contribution is -2.29. The lowest BCUT2D eigenvalue weighted by atomic mass is 10.1. The smallest absolute Gasteiger partial charge is 0.138 e. The van der Waals surface area contributed by atoms with Crippen molar-refractivity contribution >= 4 is 15.9 Å². The molecule has 0 bridgehead atoms. The van der Waals surface area contributed by atoms with Crippen LogP contribution in [0.1, 0.15) is 31.2 Å². The maximum atomic E-state index is 6.16. The van der Waals surface area contributed by atoms with E-state index in [2.05, 4.69) is 33.4 Å². The maximum absolute atomic E-state index is 6.16. The van der Waals surface area contributed by atoms with Crippen LogP contribution in [0.4, 0.5) is 0 Å². The summed E-state index contributed by atoms with van der Waals surface area (Å²) < 4.78 is 12.7. The van der Waals surface area contributed by atoms with Gasteiger partial charge < -0.3 is 14.8 Å². The molecule has 1 saturated carbocycles. The Morgan fingerprint density at radius 3 is 2.95 bits per heavy atom. The van der Waals surface area contributed by atoms with Gasteiger partial charge in [0.2, 0.25) is 0 Å². The third kappa shape index (κ3) is 3.71. The van der Waals surface area contributed by atoms with Gasteiger partial charge in [-0.25, -0.2) is 0 Å². The highest BCUT2D eigenvalue weighted by Crippen LogP contribution is 2.32. The van der Waals surface area contributed by atoms with Crippen LogP contribution in [0.25, 0.3) is 0 Å². The van der Waals surface area contributed by atoms with Crippen LogP contribution >= 0.6 is 15.9 Å². The molecule has 1 unspecified atom stereocenters. The Morgan fingerprint density at radius 1 is 1.32 bits per heavy atom. The fourth-order valence-corrected chi connectivity index (χ4v) is 2.84. The fourth-order valence-electron chi connectivity index (χ4n) is 2.34. The van der Waals surface area contributed by atoms with Crippen molar-refractivity contribution in [3.05, 3.63) is 28.2 Å². The minimum atomic E-state index is 0.187. The number of nitrogens with one attached hydrogen (secondary N) is 1. The molecule has 0 amide bonds. The average molecular weight is 326 g/mol. The monoisotopic (exact) mass is 325 g/mol. The highest BCUT2D eigenvalue weighted by molar-refractivity contribution is 9.10. The lowest BCUT2D eigenvalue weighted by molar-refractivity contribution is 0.00668. The maximum Gasteiger partial charge on any atom is 0.138 e. The van der Waals surface area contributed by atoms with Gasteiger partial charge in [0.1, 0.15) is 11.9 Å². The molecule has 0 radical (unpaired) electrons. The van der Waals surface area contributed by atoms with E-state index >= 15 is 0 Å². The number of halogens is 1. The molecule has 1 heterocycles. The standard InChI is InChI=1S/C15H20BrNO2/c16-14-5-1-3-11(9-17-12-6-7-12)15(14)19-13-4-2-8-18-10-13/h1,3,5,12-13,17H,2,4,6-10H2. The highest BCUT2D eigenvalue weighted by Gasteiger charge is 2.22. The molecule has 1 atom stereocenters. The summed E-state index contributed by atoms with van der Waals surface area (Å²) in [6.07, 6.45) is 4.97. The summed E-state index contributed by atoms with van der Waals surface area (Å²) in [6.45, 7) is 2.45. The number of para-hydroxylation sites is 1. The number of benzene rings is 1. The zero-order valence-corrected chi connectivity index (χ0v) is 12.6. The second-order valence-corrected chi connectivity index (χ2v) is 6.19. The SMILES string of the molecule is Brc1cccc(CNC2CC2)c1OC1CCCOC1. The van der Waals surface area contributed by atoms with E-state index in [0.717, 1.165) is 36.2 Å². The molecule has 1 saturated heterocycles. The van der Waals surface area contributed by atoms with Crippen molar-refractivity contribution < 1.29 is 9.47 Å². The Balaban J connectivity index is 1.69. The molecule has 0 aromatic heterocycles. The quantitative estimate of drug-likeness (QED) is 0.901. The third-order valence-corrected chi connectivity index (χ3v) is 4.23. The summed E-state index contributed by atoms with van der Waals surface area (Å²) >= 11 is 3.60. The van der Waals surface area contributed by atoms with Crippen molar-refractivity contribution in [3.8, 4) is 5.75 Å². The molecule has 19 heavy (non-hydrogen) atoms. The number of hydrogen-bond donors (Lipinski definition) is 1. The fraction of sp³-hybridized carbons (Fsp3) is 0.600. The van der Waals surface area contributed by atoms with Crippen molar-refractivity contribution in [3.63, 3.8) is 0 Å². The predicted octanol–water partition coefficient (Wildman–Crippen LogP) is 3.26. The van der Waals surface area contributed by atoms with E-state index < -0.39 is 0 Å². The van der Waals surface area contributed by atoms with Crippen molar-refractivity contribution in [1.82, 2.24) is 5.32 Å². The van der Waals surface area contributed by atoms with Crippen LogP contribution in [0.2, 0.25) is 0 Å². The zero-order chi connectivity index (χ0) is 13.1. The topological polar surface area (TPSA) is 30.5 Å². The summed E-state index contributed by atoms with van der Waals surface area (Å²) in [5.41, 5.74) is 1.23. The number of ether oxygens (including phenoxy) is 2. The molecule has 1 N–H and O–H groups in total. The first kappa shape index (κ1) is 13.4. The van der Waals surface area contributed by atoms with E-state index in [1.54, 1.807) is 0 Å². The van der Waals surface area contributed by atoms with Crippen LogP contribution < -0.4 is 10.1 Å². The van der Waals surface area contributed by atoms with E-state index in [9.17, 15) is 0 Å². The largest absolute Gasteiger partial charge is 0.486 e. The van der Waals surface area contributed by atoms with Gasteiger partial charge in [-0.15, -0.1) is 0 Å². The van der Waals surface area contributed by atoms with Crippen molar-refractivity contribution in [2.75, 3.05) is 13.2 Å². The second kappa shape index (κ2) is 6.25. The van der Waals surface area contributed by atoms with Gasteiger partial charge in [-0.1, -0.05) is 12.1 Å². The van der Waals surface area contributed by atoms with Crippen LogP contribution in [0.3, 0.4) is 0 Å². The van der Waals surface area contributed by atoms with Crippen molar-refractivity contribution in [2.24, 2.45) is 0 Å². The van der Waals surface area contributed by atoms with Gasteiger partial charge in [-0.05, 0) is 47.7 Å². The van der Waals surface area contributed by atoms with E-state index in [-0.39, 0.29) is 6.10 Å². The van der Waals surface area contributed by atoms with Gasteiger partial charge in [-0.2, -0.15) is 0 Å². The van der Waals surface area contributed by atoms with Crippen molar-refractivity contribution in [2.45, 2.75) is 44.4 Å². The highest BCUT2D eigenvalue weighted by atomic mass is 79.9. The second-order valence-electron chi connectivity index (χ2n) is 5.34. The third-order valence-electron chi connectivity index (χ3n) is 3.61. The van der Waals surface area contributed by atoms with Gasteiger partial charge in [0, 0.05) is 24.8 Å². The Bertz CT molecular complexity index is 428. The Labute approximate surface area is 122 Å². The normalized spacial score (nSPS) is 23.3. The van der Waals surface area contributed by atoms with Gasteiger partial charge in [0.25, 0.3) is 0 Å². The minimum Gasteiger partial charge on any atom is -0.486 e. The van der Waals surface area contributed by atoms with Crippen LogP contribution in [0.5, 0.6) is 5.75 Å². The molecule has 1 aliphatic heterocycles. The van der Waals surface area contributed by atoms with E-state index in [4.69, 9.17) is 9.47 Å². The van der Waals surface area contributed by atoms with Crippen LogP contribution in [-0.2, 0) is 11.3 Å². The minimum absolute atomic E-state index is 0.187. The van der Waals surface area contributed by atoms with Gasteiger partial charge in [0.15, 0.2) is 0 Å². The summed E-state index contributed by atoms with van der Waals surface area (Å²) in [4.78, 5) is 0. The molecule has 1 aromatic rings. The number of rotatable bonds is 5. The molecule has 1 aromatic carbocycles. The Morgan fingerprint density at radius 2 is 2.21 bits per heavy atom. The van der Waals surface area contributed by atoms with Crippen molar-refractivity contribution in [1.29, 1.82) is 0 Å². The van der Waals surface area contributed by atoms with Gasteiger partial charge in [0.05, 0.1) is 11.1 Å². The first-order chi connectivity index (χ1) is 9.33. The molecule has 0 spiro atoms. The summed E-state index contributed by atoms with van der Waals surface area (Å²) in [5, 5.41) is 3.55. The lowest BCUT2D eigenvalue weighted by Gasteiger charge is -2.25. The average Bonchev–Trinajstić information content (AvgIpc) is 3.25.